The lowest BCUT2D eigenvalue weighted by molar-refractivity contribution is 0.0551. The minimum Gasteiger partial charge on any atom is -0.391 e. The molecule has 0 saturated heterocycles. The van der Waals surface area contributed by atoms with Crippen molar-refractivity contribution in [2.75, 3.05) is 4.72 Å². The number of aliphatic hydroxyl groups excluding tert-OH is 1. The second kappa shape index (κ2) is 10.5. The molecule has 1 unspecified atom stereocenters. The molecule has 176 valence electrons. The third-order valence-electron chi connectivity index (χ3n) is 6.57. The molecule has 1 aliphatic rings. The quantitative estimate of drug-likeness (QED) is 0.426. The first-order valence-electron chi connectivity index (χ1n) is 11.7. The average Bonchev–Trinajstić information content (AvgIpc) is 3.38. The number of nitrogens with one attached hydrogen (secondary N) is 2. The fourth-order valence-electron chi connectivity index (χ4n) is 4.56. The van der Waals surface area contributed by atoms with Gasteiger partial charge in [-0.2, -0.15) is 0 Å². The van der Waals surface area contributed by atoms with Gasteiger partial charge in [0.2, 0.25) is 0 Å². The van der Waals surface area contributed by atoms with Crippen molar-refractivity contribution in [3.8, 4) is 5.69 Å². The highest BCUT2D eigenvalue weighted by molar-refractivity contribution is 7.92. The summed E-state index contributed by atoms with van der Waals surface area (Å²) in [7, 11) is -3.73. The highest BCUT2D eigenvalue weighted by Crippen LogP contribution is 2.28. The van der Waals surface area contributed by atoms with Crippen molar-refractivity contribution in [3.63, 3.8) is 0 Å². The molecule has 0 amide bonds. The van der Waals surface area contributed by atoms with E-state index in [2.05, 4.69) is 10.0 Å². The predicted molar refractivity (Wildman–Crippen MR) is 132 cm³/mol. The molecule has 0 aliphatic heterocycles. The lowest BCUT2D eigenvalue weighted by atomic mass is 9.83. The molecule has 3 N–H and O–H groups in total. The zero-order valence-electron chi connectivity index (χ0n) is 19.0. The molecule has 4 rings (SSSR count). The van der Waals surface area contributed by atoms with Gasteiger partial charge >= 0.3 is 0 Å². The van der Waals surface area contributed by atoms with Crippen LogP contribution in [-0.4, -0.2) is 30.2 Å². The molecule has 1 fully saturated rings. The van der Waals surface area contributed by atoms with Gasteiger partial charge in [-0.3, -0.25) is 4.72 Å². The summed E-state index contributed by atoms with van der Waals surface area (Å²) in [6.45, 7) is 2.47. The van der Waals surface area contributed by atoms with Gasteiger partial charge in [0, 0.05) is 30.7 Å². The molecule has 1 saturated carbocycles. The number of hydrogen-bond donors (Lipinski definition) is 3. The third-order valence-corrected chi connectivity index (χ3v) is 7.95. The van der Waals surface area contributed by atoms with E-state index >= 15 is 0 Å². The topological polar surface area (TPSA) is 83.4 Å². The minimum absolute atomic E-state index is 0.0704. The van der Waals surface area contributed by atoms with E-state index in [-0.39, 0.29) is 10.9 Å². The number of hydrogen-bond acceptors (Lipinski definition) is 4. The van der Waals surface area contributed by atoms with E-state index in [9.17, 15) is 13.5 Å². The van der Waals surface area contributed by atoms with Gasteiger partial charge < -0.3 is 15.0 Å². The molecule has 0 spiro atoms. The average molecular weight is 468 g/mol. The van der Waals surface area contributed by atoms with Crippen LogP contribution in [-0.2, 0) is 16.6 Å². The van der Waals surface area contributed by atoms with Gasteiger partial charge in [0.25, 0.3) is 10.0 Å². The number of benzene rings is 2. The van der Waals surface area contributed by atoms with Gasteiger partial charge in [-0.15, -0.1) is 0 Å². The van der Waals surface area contributed by atoms with Crippen LogP contribution >= 0.6 is 0 Å². The van der Waals surface area contributed by atoms with Crippen LogP contribution in [0.15, 0.2) is 78.0 Å². The maximum Gasteiger partial charge on any atom is 0.261 e. The summed E-state index contributed by atoms with van der Waals surface area (Å²) in [5.41, 5.74) is 2.28. The molecule has 6 nitrogen and oxygen atoms in total. The van der Waals surface area contributed by atoms with Gasteiger partial charge in [-0.1, -0.05) is 37.5 Å². The fraction of sp³-hybridized carbons (Fsp3) is 0.385. The van der Waals surface area contributed by atoms with Crippen molar-refractivity contribution in [2.24, 2.45) is 5.92 Å². The van der Waals surface area contributed by atoms with Crippen molar-refractivity contribution in [1.29, 1.82) is 0 Å². The highest BCUT2D eigenvalue weighted by Gasteiger charge is 2.26. The molecule has 2 aromatic carbocycles. The normalized spacial score (nSPS) is 16.9. The largest absolute Gasteiger partial charge is 0.391 e. The molecule has 0 bridgehead atoms. The summed E-state index contributed by atoms with van der Waals surface area (Å²) in [6.07, 6.45) is 9.21. The number of sulfonamides is 1. The molecule has 2 atom stereocenters. The van der Waals surface area contributed by atoms with E-state index in [1.807, 2.05) is 54.2 Å². The smallest absolute Gasteiger partial charge is 0.261 e. The standard InChI is InChI=1S/C26H33N3O3S/c1-20(26(30)21-9-3-2-4-10-21)27-19-22-11-5-6-12-25(22)28-33(31,32)24-15-13-23(14-16-24)29-17-7-8-18-29/h5-8,11-18,20-21,26-28,30H,2-4,9-10,19H2,1H3/t20-,26?/m0/s1. The Balaban J connectivity index is 1.42. The molecule has 7 heteroatoms. The maximum absolute atomic E-state index is 13.0. The first kappa shape index (κ1) is 23.5. The van der Waals surface area contributed by atoms with Gasteiger partial charge in [0.05, 0.1) is 16.7 Å². The summed E-state index contributed by atoms with van der Waals surface area (Å²) < 4.78 is 30.7. The summed E-state index contributed by atoms with van der Waals surface area (Å²) in [6, 6.07) is 18.0. The summed E-state index contributed by atoms with van der Waals surface area (Å²) in [5.74, 6) is 0.338. The molecule has 33 heavy (non-hydrogen) atoms. The third kappa shape index (κ3) is 5.85. The SMILES string of the molecule is C[C@H](NCc1ccccc1NS(=O)(=O)c1ccc(-n2cccc2)cc1)C(O)C1CCCCC1. The van der Waals surface area contributed by atoms with E-state index in [1.165, 1.54) is 19.3 Å². The molecule has 1 heterocycles. The summed E-state index contributed by atoms with van der Waals surface area (Å²) in [5, 5.41) is 14.1. The van der Waals surface area contributed by atoms with E-state index < -0.39 is 16.1 Å². The Bertz CT molecular complexity index is 1120. The Morgan fingerprint density at radius 2 is 1.64 bits per heavy atom. The molecule has 0 radical (unpaired) electrons. The maximum atomic E-state index is 13.0. The van der Waals surface area contributed by atoms with E-state index in [0.717, 1.165) is 24.1 Å². The molecular weight excluding hydrogens is 434 g/mol. The molecular formula is C26H33N3O3S. The van der Waals surface area contributed by atoms with Crippen LogP contribution in [0, 0.1) is 5.92 Å². The summed E-state index contributed by atoms with van der Waals surface area (Å²) >= 11 is 0. The van der Waals surface area contributed by atoms with Crippen molar-refractivity contribution in [3.05, 3.63) is 78.6 Å². The van der Waals surface area contributed by atoms with E-state index in [4.69, 9.17) is 0 Å². The number of aliphatic hydroxyl groups is 1. The van der Waals surface area contributed by atoms with Crippen LogP contribution in [0.5, 0.6) is 0 Å². The predicted octanol–water partition coefficient (Wildman–Crippen LogP) is 4.70. The Kier molecular flexibility index (Phi) is 7.53. The zero-order chi connectivity index (χ0) is 23.3. The number of rotatable bonds is 9. The minimum atomic E-state index is -3.73. The first-order chi connectivity index (χ1) is 15.9. The monoisotopic (exact) mass is 467 g/mol. The number of aromatic nitrogens is 1. The molecule has 3 aromatic rings. The van der Waals surface area contributed by atoms with Crippen LogP contribution in [0.25, 0.3) is 5.69 Å². The van der Waals surface area contributed by atoms with Crippen LogP contribution < -0.4 is 10.0 Å². The lowest BCUT2D eigenvalue weighted by Crippen LogP contribution is -2.42. The van der Waals surface area contributed by atoms with Crippen molar-refractivity contribution < 1.29 is 13.5 Å². The molecule has 1 aromatic heterocycles. The van der Waals surface area contributed by atoms with Crippen molar-refractivity contribution in [1.82, 2.24) is 9.88 Å². The van der Waals surface area contributed by atoms with E-state index in [0.29, 0.717) is 18.2 Å². The van der Waals surface area contributed by atoms with Gasteiger partial charge in [0.1, 0.15) is 0 Å². The van der Waals surface area contributed by atoms with Gasteiger partial charge in [-0.05, 0) is 73.7 Å². The summed E-state index contributed by atoms with van der Waals surface area (Å²) in [4.78, 5) is 0.210. The van der Waals surface area contributed by atoms with Crippen LogP contribution in [0.4, 0.5) is 5.69 Å². The van der Waals surface area contributed by atoms with Crippen LogP contribution in [0.1, 0.15) is 44.6 Å². The second-order valence-corrected chi connectivity index (χ2v) is 10.6. The fourth-order valence-corrected chi connectivity index (χ4v) is 5.66. The van der Waals surface area contributed by atoms with Crippen molar-refractivity contribution >= 4 is 15.7 Å². The Morgan fingerprint density at radius 3 is 2.33 bits per heavy atom. The first-order valence-corrected chi connectivity index (χ1v) is 13.2. The van der Waals surface area contributed by atoms with Crippen LogP contribution in [0.3, 0.4) is 0 Å². The second-order valence-electron chi connectivity index (χ2n) is 8.91. The lowest BCUT2D eigenvalue weighted by Gasteiger charge is -2.31. The number of anilines is 1. The van der Waals surface area contributed by atoms with E-state index in [1.54, 1.807) is 30.3 Å². The number of nitrogens with zero attached hydrogens (tertiary/aromatic N) is 1. The zero-order valence-corrected chi connectivity index (χ0v) is 19.8. The Hall–Kier alpha value is -2.61. The highest BCUT2D eigenvalue weighted by atomic mass is 32.2. The van der Waals surface area contributed by atoms with Gasteiger partial charge in [0.15, 0.2) is 0 Å². The molecule has 1 aliphatic carbocycles. The van der Waals surface area contributed by atoms with Crippen molar-refractivity contribution in [2.45, 2.75) is 62.6 Å². The number of para-hydroxylation sites is 1. The van der Waals surface area contributed by atoms with Gasteiger partial charge in [-0.25, -0.2) is 8.42 Å². The Morgan fingerprint density at radius 1 is 0.970 bits per heavy atom. The van der Waals surface area contributed by atoms with Crippen LogP contribution in [0.2, 0.25) is 0 Å². The Labute approximate surface area is 196 Å².